The highest BCUT2D eigenvalue weighted by Crippen LogP contribution is 2.27. The lowest BCUT2D eigenvalue weighted by Gasteiger charge is -2.03. The van der Waals surface area contributed by atoms with Crippen LogP contribution in [0.3, 0.4) is 0 Å². The lowest BCUT2D eigenvalue weighted by atomic mass is 10.2. The Hall–Kier alpha value is -1.98. The minimum absolute atomic E-state index is 0.314. The third-order valence-electron chi connectivity index (χ3n) is 3.07. The molecule has 110 valence electrons. The molecule has 0 radical (unpaired) electrons. The maximum atomic E-state index is 11.5. The van der Waals surface area contributed by atoms with Gasteiger partial charge in [0.2, 0.25) is 0 Å². The van der Waals surface area contributed by atoms with Crippen molar-refractivity contribution in [1.82, 2.24) is 5.32 Å². The van der Waals surface area contributed by atoms with E-state index in [1.807, 2.05) is 42.5 Å². The minimum Gasteiger partial charge on any atom is -0.282 e. The van der Waals surface area contributed by atoms with Crippen LogP contribution in [-0.2, 0) is 10.5 Å². The fourth-order valence-corrected chi connectivity index (χ4v) is 3.51. The molecule has 1 aliphatic rings. The molecule has 0 saturated carbocycles. The van der Waals surface area contributed by atoms with Gasteiger partial charge in [0.15, 0.2) is 0 Å². The number of amides is 2. The lowest BCUT2D eigenvalue weighted by Crippen LogP contribution is -2.17. The minimum atomic E-state index is -0.322. The summed E-state index contributed by atoms with van der Waals surface area (Å²) in [6.45, 7) is 0. The first kappa shape index (κ1) is 14.9. The molecule has 0 bridgehead atoms. The predicted octanol–water partition coefficient (Wildman–Crippen LogP) is 4.30. The van der Waals surface area contributed by atoms with Gasteiger partial charge in [0, 0.05) is 10.6 Å². The molecule has 1 N–H and O–H groups in total. The van der Waals surface area contributed by atoms with E-state index in [4.69, 9.17) is 0 Å². The molecular weight excluding hydrogens is 314 g/mol. The van der Waals surface area contributed by atoms with Crippen molar-refractivity contribution in [1.29, 1.82) is 0 Å². The monoisotopic (exact) mass is 327 g/mol. The lowest BCUT2D eigenvalue weighted by molar-refractivity contribution is -0.115. The Balaban J connectivity index is 1.64. The molecule has 0 aliphatic carbocycles. The molecule has 22 heavy (non-hydrogen) atoms. The Kier molecular flexibility index (Phi) is 4.65. The molecule has 0 atom stereocenters. The summed E-state index contributed by atoms with van der Waals surface area (Å²) in [7, 11) is 0. The molecule has 2 amide bonds. The maximum Gasteiger partial charge on any atom is 0.290 e. The van der Waals surface area contributed by atoms with Crippen molar-refractivity contribution >= 4 is 40.7 Å². The van der Waals surface area contributed by atoms with Gasteiger partial charge in [-0.05, 0) is 41.1 Å². The molecular formula is C17H13NO2S2. The third-order valence-corrected chi connectivity index (χ3v) is 4.96. The second-order valence-electron chi connectivity index (χ2n) is 4.70. The average molecular weight is 327 g/mol. The van der Waals surface area contributed by atoms with Gasteiger partial charge in [-0.3, -0.25) is 14.9 Å². The van der Waals surface area contributed by atoms with Gasteiger partial charge in [-0.1, -0.05) is 42.5 Å². The van der Waals surface area contributed by atoms with E-state index >= 15 is 0 Å². The summed E-state index contributed by atoms with van der Waals surface area (Å²) in [5.41, 5.74) is 2.20. The zero-order chi connectivity index (χ0) is 15.4. The number of imide groups is 1. The number of thioether (sulfide) groups is 2. The number of hydrogen-bond acceptors (Lipinski definition) is 4. The van der Waals surface area contributed by atoms with E-state index in [0.717, 1.165) is 23.1 Å². The molecule has 2 aromatic carbocycles. The summed E-state index contributed by atoms with van der Waals surface area (Å²) in [4.78, 5) is 24.2. The van der Waals surface area contributed by atoms with Crippen LogP contribution < -0.4 is 5.32 Å². The highest BCUT2D eigenvalue weighted by atomic mass is 32.2. The summed E-state index contributed by atoms with van der Waals surface area (Å²) in [6, 6.07) is 18.3. The number of hydrogen-bond donors (Lipinski definition) is 1. The van der Waals surface area contributed by atoms with Crippen LogP contribution in [0.25, 0.3) is 6.08 Å². The van der Waals surface area contributed by atoms with Crippen molar-refractivity contribution in [3.8, 4) is 0 Å². The SMILES string of the molecule is O=C1NC(=O)/C(=C/c2ccc(SCc3ccccc3)cc2)S1. The first-order valence-corrected chi connectivity index (χ1v) is 8.52. The van der Waals surface area contributed by atoms with Crippen molar-refractivity contribution in [2.75, 3.05) is 0 Å². The molecule has 1 aliphatic heterocycles. The fourth-order valence-electron chi connectivity index (χ4n) is 1.97. The van der Waals surface area contributed by atoms with E-state index in [0.29, 0.717) is 4.91 Å². The summed E-state index contributed by atoms with van der Waals surface area (Å²) < 4.78 is 0. The Morgan fingerprint density at radius 3 is 2.36 bits per heavy atom. The molecule has 0 unspecified atom stereocenters. The van der Waals surface area contributed by atoms with Crippen molar-refractivity contribution in [2.24, 2.45) is 0 Å². The number of carbonyl (C=O) groups is 2. The Morgan fingerprint density at radius 2 is 1.73 bits per heavy atom. The second kappa shape index (κ2) is 6.85. The van der Waals surface area contributed by atoms with Crippen molar-refractivity contribution in [2.45, 2.75) is 10.6 Å². The molecule has 0 spiro atoms. The summed E-state index contributed by atoms with van der Waals surface area (Å²) >= 11 is 2.70. The molecule has 0 aromatic heterocycles. The number of nitrogens with one attached hydrogen (secondary N) is 1. The van der Waals surface area contributed by atoms with E-state index in [1.54, 1.807) is 17.8 Å². The molecule has 1 saturated heterocycles. The highest BCUT2D eigenvalue weighted by molar-refractivity contribution is 8.18. The van der Waals surface area contributed by atoms with Crippen LogP contribution in [0, 0.1) is 0 Å². The third kappa shape index (κ3) is 3.81. The largest absolute Gasteiger partial charge is 0.290 e. The number of carbonyl (C=O) groups excluding carboxylic acids is 2. The average Bonchev–Trinajstić information content (AvgIpc) is 2.85. The van der Waals surface area contributed by atoms with Gasteiger partial charge in [-0.25, -0.2) is 0 Å². The van der Waals surface area contributed by atoms with E-state index in [2.05, 4.69) is 17.4 Å². The first-order valence-electron chi connectivity index (χ1n) is 6.72. The molecule has 3 rings (SSSR count). The normalized spacial score (nSPS) is 16.1. The second-order valence-corrected chi connectivity index (χ2v) is 6.76. The van der Waals surface area contributed by atoms with Gasteiger partial charge in [-0.15, -0.1) is 11.8 Å². The van der Waals surface area contributed by atoms with Crippen molar-refractivity contribution in [3.63, 3.8) is 0 Å². The van der Waals surface area contributed by atoms with Crippen LogP contribution >= 0.6 is 23.5 Å². The van der Waals surface area contributed by atoms with Crippen LogP contribution in [0.4, 0.5) is 4.79 Å². The van der Waals surface area contributed by atoms with Crippen LogP contribution in [0.15, 0.2) is 64.4 Å². The summed E-state index contributed by atoms with van der Waals surface area (Å²) in [6.07, 6.45) is 1.73. The summed E-state index contributed by atoms with van der Waals surface area (Å²) in [5.74, 6) is 0.603. The number of benzene rings is 2. The quantitative estimate of drug-likeness (QED) is 0.672. The van der Waals surface area contributed by atoms with E-state index in [-0.39, 0.29) is 11.1 Å². The topological polar surface area (TPSA) is 46.2 Å². The van der Waals surface area contributed by atoms with Gasteiger partial charge < -0.3 is 0 Å². The molecule has 3 nitrogen and oxygen atoms in total. The van der Waals surface area contributed by atoms with Crippen molar-refractivity contribution in [3.05, 3.63) is 70.6 Å². The van der Waals surface area contributed by atoms with Gasteiger partial charge >= 0.3 is 0 Å². The fraction of sp³-hybridized carbons (Fsp3) is 0.0588. The van der Waals surface area contributed by atoms with Crippen molar-refractivity contribution < 1.29 is 9.59 Å². The van der Waals surface area contributed by atoms with Crippen LogP contribution in [0.2, 0.25) is 0 Å². The molecule has 1 fully saturated rings. The first-order chi connectivity index (χ1) is 10.7. The zero-order valence-corrected chi connectivity index (χ0v) is 13.2. The van der Waals surface area contributed by atoms with Gasteiger partial charge in [0.1, 0.15) is 0 Å². The zero-order valence-electron chi connectivity index (χ0n) is 11.6. The van der Waals surface area contributed by atoms with Gasteiger partial charge in [-0.2, -0.15) is 0 Å². The van der Waals surface area contributed by atoms with E-state index < -0.39 is 0 Å². The highest BCUT2D eigenvalue weighted by Gasteiger charge is 2.24. The summed E-state index contributed by atoms with van der Waals surface area (Å²) in [5, 5.41) is 1.94. The smallest absolute Gasteiger partial charge is 0.282 e. The van der Waals surface area contributed by atoms with Gasteiger partial charge in [0.05, 0.1) is 4.91 Å². The molecule has 2 aromatic rings. The predicted molar refractivity (Wildman–Crippen MR) is 91.6 cm³/mol. The van der Waals surface area contributed by atoms with E-state index in [9.17, 15) is 9.59 Å². The number of rotatable bonds is 4. The maximum absolute atomic E-state index is 11.5. The Labute approximate surface area is 137 Å². The molecule has 5 heteroatoms. The van der Waals surface area contributed by atoms with Crippen LogP contribution in [0.5, 0.6) is 0 Å². The Morgan fingerprint density at radius 1 is 1.00 bits per heavy atom. The van der Waals surface area contributed by atoms with Crippen LogP contribution in [-0.4, -0.2) is 11.1 Å². The van der Waals surface area contributed by atoms with E-state index in [1.165, 1.54) is 10.5 Å². The van der Waals surface area contributed by atoms with Crippen LogP contribution in [0.1, 0.15) is 11.1 Å². The molecule has 1 heterocycles. The standard InChI is InChI=1S/C17H13NO2S2/c19-16-15(22-17(20)18-16)10-12-6-8-14(9-7-12)21-11-13-4-2-1-3-5-13/h1-10H,11H2,(H,18,19,20)/b15-10-. The van der Waals surface area contributed by atoms with Gasteiger partial charge in [0.25, 0.3) is 11.1 Å². The Bertz CT molecular complexity index is 724.